The molecule has 0 unspecified atom stereocenters. The number of hydrogen-bond acceptors (Lipinski definition) is 3. The summed E-state index contributed by atoms with van der Waals surface area (Å²) in [6.45, 7) is 0.607. The third-order valence-electron chi connectivity index (χ3n) is 2.83. The number of benzene rings is 1. The van der Waals surface area contributed by atoms with Crippen molar-refractivity contribution < 1.29 is 4.79 Å². The largest absolute Gasteiger partial charge is 0.352 e. The molecule has 5 heteroatoms. The molecular formula is C15H19N3OS. The number of amides is 1. The molecule has 2 rings (SSSR count). The van der Waals surface area contributed by atoms with Crippen molar-refractivity contribution in [1.82, 2.24) is 15.1 Å². The van der Waals surface area contributed by atoms with E-state index in [0.717, 1.165) is 22.6 Å². The van der Waals surface area contributed by atoms with Crippen LogP contribution in [0, 0.1) is 0 Å². The van der Waals surface area contributed by atoms with Gasteiger partial charge in [-0.3, -0.25) is 9.48 Å². The Bertz CT molecular complexity index is 539. The Morgan fingerprint density at radius 3 is 2.85 bits per heavy atom. The van der Waals surface area contributed by atoms with Crippen LogP contribution in [0.3, 0.4) is 0 Å². The Morgan fingerprint density at radius 1 is 1.35 bits per heavy atom. The van der Waals surface area contributed by atoms with Crippen LogP contribution in [0.25, 0.3) is 0 Å². The maximum atomic E-state index is 11.7. The van der Waals surface area contributed by atoms with E-state index >= 15 is 0 Å². The highest BCUT2D eigenvalue weighted by atomic mass is 32.2. The summed E-state index contributed by atoms with van der Waals surface area (Å²) in [5, 5.41) is 7.05. The third kappa shape index (κ3) is 5.09. The molecule has 1 N–H and O–H groups in total. The van der Waals surface area contributed by atoms with Gasteiger partial charge in [0.05, 0.1) is 6.20 Å². The lowest BCUT2D eigenvalue weighted by atomic mass is 10.2. The van der Waals surface area contributed by atoms with E-state index < -0.39 is 0 Å². The monoisotopic (exact) mass is 289 g/mol. The summed E-state index contributed by atoms with van der Waals surface area (Å²) >= 11 is 1.73. The second kappa shape index (κ2) is 7.75. The van der Waals surface area contributed by atoms with Gasteiger partial charge in [0.1, 0.15) is 0 Å². The first-order valence-corrected chi connectivity index (χ1v) is 7.64. The Kier molecular flexibility index (Phi) is 5.68. The maximum absolute atomic E-state index is 11.7. The highest BCUT2D eigenvalue weighted by molar-refractivity contribution is 7.99. The van der Waals surface area contributed by atoms with Gasteiger partial charge in [0.2, 0.25) is 5.91 Å². The zero-order valence-corrected chi connectivity index (χ0v) is 12.4. The molecule has 1 heterocycles. The summed E-state index contributed by atoms with van der Waals surface area (Å²) in [7, 11) is 1.90. The van der Waals surface area contributed by atoms with E-state index in [0.29, 0.717) is 13.0 Å². The fourth-order valence-electron chi connectivity index (χ4n) is 1.78. The molecule has 4 nitrogen and oxygen atoms in total. The summed E-state index contributed by atoms with van der Waals surface area (Å²) < 4.78 is 1.79. The van der Waals surface area contributed by atoms with Crippen molar-refractivity contribution in [3.8, 4) is 0 Å². The average molecular weight is 289 g/mol. The number of rotatable bonds is 7. The van der Waals surface area contributed by atoms with Crippen LogP contribution in [-0.2, 0) is 18.4 Å². The third-order valence-corrected chi connectivity index (χ3v) is 3.87. The summed E-state index contributed by atoms with van der Waals surface area (Å²) in [6, 6.07) is 9.95. The number of aromatic nitrogens is 2. The Labute approximate surface area is 123 Å². The van der Waals surface area contributed by atoms with Gasteiger partial charge in [-0.25, -0.2) is 0 Å². The van der Waals surface area contributed by atoms with Gasteiger partial charge < -0.3 is 5.32 Å². The summed E-state index contributed by atoms with van der Waals surface area (Å²) in [6.07, 6.45) is 5.28. The summed E-state index contributed by atoms with van der Waals surface area (Å²) in [4.78, 5) is 12.8. The minimum absolute atomic E-state index is 0.112. The zero-order valence-electron chi connectivity index (χ0n) is 11.6. The molecule has 0 bridgehead atoms. The van der Waals surface area contributed by atoms with Crippen LogP contribution in [0.1, 0.15) is 18.4 Å². The maximum Gasteiger partial charge on any atom is 0.220 e. The van der Waals surface area contributed by atoms with Gasteiger partial charge in [0.15, 0.2) is 0 Å². The van der Waals surface area contributed by atoms with Crippen molar-refractivity contribution in [3.63, 3.8) is 0 Å². The number of aryl methyl sites for hydroxylation is 1. The minimum Gasteiger partial charge on any atom is -0.352 e. The molecule has 0 radical (unpaired) electrons. The highest BCUT2D eigenvalue weighted by Gasteiger charge is 2.02. The molecule has 0 aliphatic heterocycles. The Morgan fingerprint density at radius 2 is 2.15 bits per heavy atom. The predicted molar refractivity (Wildman–Crippen MR) is 81.5 cm³/mol. The zero-order chi connectivity index (χ0) is 14.2. The van der Waals surface area contributed by atoms with Gasteiger partial charge in [-0.1, -0.05) is 30.3 Å². The topological polar surface area (TPSA) is 46.9 Å². The van der Waals surface area contributed by atoms with Gasteiger partial charge in [-0.15, -0.1) is 11.8 Å². The lowest BCUT2D eigenvalue weighted by Gasteiger charge is -2.05. The smallest absolute Gasteiger partial charge is 0.220 e. The number of thioether (sulfide) groups is 1. The van der Waals surface area contributed by atoms with Crippen LogP contribution in [-0.4, -0.2) is 21.4 Å². The number of carbonyl (C=O) groups is 1. The molecule has 1 aromatic heterocycles. The van der Waals surface area contributed by atoms with Gasteiger partial charge in [0.25, 0.3) is 0 Å². The highest BCUT2D eigenvalue weighted by Crippen LogP contribution is 2.17. The van der Waals surface area contributed by atoms with Crippen LogP contribution in [0.4, 0.5) is 0 Å². The van der Waals surface area contributed by atoms with Crippen molar-refractivity contribution in [2.24, 2.45) is 7.05 Å². The molecule has 106 valence electrons. The fraction of sp³-hybridized carbons (Fsp3) is 0.333. The molecule has 1 aromatic carbocycles. The lowest BCUT2D eigenvalue weighted by Crippen LogP contribution is -2.22. The van der Waals surface area contributed by atoms with Gasteiger partial charge in [0, 0.05) is 31.1 Å². The summed E-state index contributed by atoms with van der Waals surface area (Å²) in [5.74, 6) is 1.05. The molecule has 0 fully saturated rings. The first-order chi connectivity index (χ1) is 9.74. The normalized spacial score (nSPS) is 10.4. The number of nitrogens with zero attached hydrogens (tertiary/aromatic N) is 2. The van der Waals surface area contributed by atoms with E-state index in [1.165, 1.54) is 0 Å². The van der Waals surface area contributed by atoms with Crippen molar-refractivity contribution in [2.75, 3.05) is 5.75 Å². The van der Waals surface area contributed by atoms with Crippen LogP contribution in [0.15, 0.2) is 47.6 Å². The molecular weight excluding hydrogens is 270 g/mol. The molecule has 0 atom stereocenters. The SMILES string of the molecule is Cn1cc(SCCCC(=O)NCc2ccccc2)cn1. The summed E-state index contributed by atoms with van der Waals surface area (Å²) in [5.41, 5.74) is 1.13. The number of hydrogen-bond donors (Lipinski definition) is 1. The van der Waals surface area contributed by atoms with Gasteiger partial charge >= 0.3 is 0 Å². The van der Waals surface area contributed by atoms with Crippen LogP contribution >= 0.6 is 11.8 Å². The second-order valence-corrected chi connectivity index (χ2v) is 5.73. The average Bonchev–Trinajstić information content (AvgIpc) is 2.88. The van der Waals surface area contributed by atoms with E-state index in [1.54, 1.807) is 16.4 Å². The fourth-order valence-corrected chi connectivity index (χ4v) is 2.65. The van der Waals surface area contributed by atoms with Crippen LogP contribution in [0.2, 0.25) is 0 Å². The molecule has 2 aromatic rings. The Balaban J connectivity index is 1.58. The van der Waals surface area contributed by atoms with Gasteiger partial charge in [-0.2, -0.15) is 5.10 Å². The lowest BCUT2D eigenvalue weighted by molar-refractivity contribution is -0.121. The van der Waals surface area contributed by atoms with E-state index in [4.69, 9.17) is 0 Å². The van der Waals surface area contributed by atoms with Crippen molar-refractivity contribution >= 4 is 17.7 Å². The van der Waals surface area contributed by atoms with Crippen LogP contribution in [0.5, 0.6) is 0 Å². The van der Waals surface area contributed by atoms with E-state index in [1.807, 2.05) is 49.8 Å². The quantitative estimate of drug-likeness (QED) is 0.629. The van der Waals surface area contributed by atoms with E-state index in [2.05, 4.69) is 10.4 Å². The Hall–Kier alpha value is -1.75. The molecule has 20 heavy (non-hydrogen) atoms. The van der Waals surface area contributed by atoms with Crippen LogP contribution < -0.4 is 5.32 Å². The van der Waals surface area contributed by atoms with Crippen molar-refractivity contribution in [3.05, 3.63) is 48.3 Å². The second-order valence-electron chi connectivity index (χ2n) is 4.56. The minimum atomic E-state index is 0.112. The first-order valence-electron chi connectivity index (χ1n) is 6.66. The molecule has 0 spiro atoms. The standard InChI is InChI=1S/C15H19N3OS/c1-18-12-14(11-17-18)20-9-5-8-15(19)16-10-13-6-3-2-4-7-13/h2-4,6-7,11-12H,5,8-10H2,1H3,(H,16,19). The van der Waals surface area contributed by atoms with E-state index in [-0.39, 0.29) is 5.91 Å². The molecule has 0 saturated heterocycles. The van der Waals surface area contributed by atoms with Crippen molar-refractivity contribution in [2.45, 2.75) is 24.3 Å². The first kappa shape index (κ1) is 14.7. The van der Waals surface area contributed by atoms with Crippen molar-refractivity contribution in [1.29, 1.82) is 0 Å². The molecule has 0 aliphatic carbocycles. The predicted octanol–water partition coefficient (Wildman–Crippen LogP) is 2.61. The number of carbonyl (C=O) groups excluding carboxylic acids is 1. The molecule has 0 aliphatic rings. The van der Waals surface area contributed by atoms with Gasteiger partial charge in [-0.05, 0) is 17.7 Å². The molecule has 0 saturated carbocycles. The van der Waals surface area contributed by atoms with E-state index in [9.17, 15) is 4.79 Å². The number of nitrogens with one attached hydrogen (secondary N) is 1. The molecule has 1 amide bonds.